The van der Waals surface area contributed by atoms with E-state index in [-0.39, 0.29) is 25.6 Å². The predicted molar refractivity (Wildman–Crippen MR) is 108 cm³/mol. The van der Waals surface area contributed by atoms with Gasteiger partial charge in [-0.3, -0.25) is 9.69 Å². The van der Waals surface area contributed by atoms with Gasteiger partial charge in [-0.2, -0.15) is 5.26 Å². The third kappa shape index (κ3) is 4.89. The van der Waals surface area contributed by atoms with Crippen molar-refractivity contribution in [1.82, 2.24) is 5.32 Å². The molecule has 8 nitrogen and oxygen atoms in total. The Kier molecular flexibility index (Phi) is 6.90. The minimum absolute atomic E-state index is 0.0587. The van der Waals surface area contributed by atoms with Gasteiger partial charge in [-0.05, 0) is 31.0 Å². The molecule has 0 saturated carbocycles. The van der Waals surface area contributed by atoms with Gasteiger partial charge in [0.05, 0.1) is 30.5 Å². The van der Waals surface area contributed by atoms with Gasteiger partial charge in [-0.1, -0.05) is 5.57 Å². The Morgan fingerprint density at radius 2 is 2.13 bits per heavy atom. The molecule has 9 heteroatoms. The molecule has 2 amide bonds. The monoisotopic (exact) mass is 416 g/mol. The lowest BCUT2D eigenvalue weighted by molar-refractivity contribution is -0.119. The molecule has 1 aromatic rings. The van der Waals surface area contributed by atoms with Crippen LogP contribution in [-0.2, 0) is 9.53 Å². The van der Waals surface area contributed by atoms with Gasteiger partial charge in [-0.25, -0.2) is 9.18 Å². The molecule has 1 atom stereocenters. The molecule has 2 aliphatic rings. The molecule has 0 aromatic heterocycles. The summed E-state index contributed by atoms with van der Waals surface area (Å²) in [5.41, 5.74) is 2.49. The molecular weight excluding hydrogens is 391 g/mol. The van der Waals surface area contributed by atoms with Crippen molar-refractivity contribution in [3.8, 4) is 6.07 Å². The van der Waals surface area contributed by atoms with E-state index in [0.717, 1.165) is 5.57 Å². The summed E-state index contributed by atoms with van der Waals surface area (Å²) in [7, 11) is 0. The summed E-state index contributed by atoms with van der Waals surface area (Å²) < 4.78 is 20.1. The molecule has 0 bridgehead atoms. The van der Waals surface area contributed by atoms with E-state index >= 15 is 0 Å². The number of amides is 2. The van der Waals surface area contributed by atoms with E-state index in [1.807, 2.05) is 4.90 Å². The van der Waals surface area contributed by atoms with Crippen molar-refractivity contribution in [2.24, 2.45) is 0 Å². The number of anilines is 2. The number of nitrogens with zero attached hydrogens (tertiary/aromatic N) is 3. The number of nitrogens with one attached hydrogen (secondary N) is 1. The van der Waals surface area contributed by atoms with E-state index in [9.17, 15) is 19.2 Å². The molecule has 30 heavy (non-hydrogen) atoms. The van der Waals surface area contributed by atoms with Gasteiger partial charge in [0, 0.05) is 38.6 Å². The largest absolute Gasteiger partial charge is 0.442 e. The van der Waals surface area contributed by atoms with E-state index < -0.39 is 18.0 Å². The number of rotatable bonds is 6. The van der Waals surface area contributed by atoms with Crippen LogP contribution in [0, 0.1) is 17.1 Å². The summed E-state index contributed by atoms with van der Waals surface area (Å²) in [6.45, 7) is 2.92. The van der Waals surface area contributed by atoms with Crippen LogP contribution in [0.4, 0.5) is 20.6 Å². The summed E-state index contributed by atoms with van der Waals surface area (Å²) in [6, 6.07) is 6.79. The minimum Gasteiger partial charge on any atom is -0.442 e. The van der Waals surface area contributed by atoms with Gasteiger partial charge in [0.25, 0.3) is 0 Å². The average Bonchev–Trinajstić information content (AvgIpc) is 3.11. The molecule has 2 heterocycles. The fourth-order valence-corrected chi connectivity index (χ4v) is 3.76. The van der Waals surface area contributed by atoms with Gasteiger partial charge in [0.2, 0.25) is 5.91 Å². The van der Waals surface area contributed by atoms with E-state index in [4.69, 9.17) is 9.84 Å². The highest BCUT2D eigenvalue weighted by atomic mass is 19.1. The Labute approximate surface area is 174 Å². The number of hydrogen-bond acceptors (Lipinski definition) is 6. The molecule has 0 unspecified atom stereocenters. The quantitative estimate of drug-likeness (QED) is 0.688. The first-order chi connectivity index (χ1) is 14.4. The van der Waals surface area contributed by atoms with E-state index in [1.54, 1.807) is 12.1 Å². The minimum atomic E-state index is -0.571. The maximum atomic E-state index is 14.8. The van der Waals surface area contributed by atoms with E-state index in [2.05, 4.69) is 11.4 Å². The first-order valence-electron chi connectivity index (χ1n) is 9.92. The second-order valence-electron chi connectivity index (χ2n) is 7.34. The lowest BCUT2D eigenvalue weighted by Gasteiger charge is -2.31. The Bertz CT molecular complexity index is 885. The van der Waals surface area contributed by atoms with Gasteiger partial charge >= 0.3 is 6.09 Å². The van der Waals surface area contributed by atoms with Crippen LogP contribution in [0.2, 0.25) is 0 Å². The molecule has 2 aliphatic heterocycles. The summed E-state index contributed by atoms with van der Waals surface area (Å²) >= 11 is 0. The number of cyclic esters (lactones) is 1. The first-order valence-corrected chi connectivity index (χ1v) is 9.92. The highest BCUT2D eigenvalue weighted by molar-refractivity contribution is 5.90. The molecular formula is C21H25FN4O4. The number of carbonyl (C=O) groups excluding carboxylic acids is 2. The van der Waals surface area contributed by atoms with Crippen molar-refractivity contribution in [3.05, 3.63) is 35.2 Å². The Morgan fingerprint density at radius 1 is 1.40 bits per heavy atom. The summed E-state index contributed by atoms with van der Waals surface area (Å²) in [4.78, 5) is 26.4. The number of halogens is 1. The van der Waals surface area contributed by atoms with Crippen LogP contribution < -0.4 is 15.1 Å². The summed E-state index contributed by atoms with van der Waals surface area (Å²) in [5, 5.41) is 20.9. The molecule has 160 valence electrons. The molecule has 1 aromatic carbocycles. The lowest BCUT2D eigenvalue weighted by Crippen LogP contribution is -2.33. The van der Waals surface area contributed by atoms with Crippen molar-refractivity contribution in [3.63, 3.8) is 0 Å². The lowest BCUT2D eigenvalue weighted by atomic mass is 9.96. The number of aliphatic hydroxyl groups excluding tert-OH is 1. The fraction of sp³-hybridized carbons (Fsp3) is 0.476. The van der Waals surface area contributed by atoms with E-state index in [1.165, 1.54) is 17.9 Å². The zero-order chi connectivity index (χ0) is 21.7. The van der Waals surface area contributed by atoms with Crippen molar-refractivity contribution in [2.75, 3.05) is 42.6 Å². The van der Waals surface area contributed by atoms with E-state index in [0.29, 0.717) is 49.3 Å². The number of nitriles is 1. The van der Waals surface area contributed by atoms with Crippen molar-refractivity contribution in [1.29, 1.82) is 5.26 Å². The molecule has 0 aliphatic carbocycles. The number of carbonyl (C=O) groups is 2. The normalized spacial score (nSPS) is 18.8. The number of piperidine rings is 1. The van der Waals surface area contributed by atoms with Crippen LogP contribution >= 0.6 is 0 Å². The standard InChI is InChI=1S/C21H25FN4O4/c1-14(28)24-12-18-13-26(21(29)30-18)17-2-3-20(19(22)10-17)25-7-4-15(5-8-25)16(11-23)6-9-27/h2-3,10,18,27H,4-9,12-13H2,1H3,(H,24,28)/t18-/m0/s1. The Morgan fingerprint density at radius 3 is 2.73 bits per heavy atom. The van der Waals surface area contributed by atoms with Crippen molar-refractivity contribution < 1.29 is 23.8 Å². The van der Waals surface area contributed by atoms with Crippen LogP contribution in [0.25, 0.3) is 0 Å². The SMILES string of the molecule is CC(=O)NC[C@H]1CN(c2ccc(N3CCC(=C(C#N)CCO)CC3)c(F)c2)C(=O)O1. The molecule has 0 spiro atoms. The smallest absolute Gasteiger partial charge is 0.414 e. The zero-order valence-corrected chi connectivity index (χ0v) is 16.9. The predicted octanol–water partition coefficient (Wildman–Crippen LogP) is 2.09. The highest BCUT2D eigenvalue weighted by Crippen LogP contribution is 2.31. The third-order valence-electron chi connectivity index (χ3n) is 5.33. The van der Waals surface area contributed by atoms with Crippen molar-refractivity contribution in [2.45, 2.75) is 32.3 Å². The second-order valence-corrected chi connectivity index (χ2v) is 7.34. The van der Waals surface area contributed by atoms with Crippen LogP contribution in [0.5, 0.6) is 0 Å². The van der Waals surface area contributed by atoms with Gasteiger partial charge in [0.1, 0.15) is 11.9 Å². The molecule has 2 N–H and O–H groups in total. The maximum absolute atomic E-state index is 14.8. The number of benzene rings is 1. The van der Waals surface area contributed by atoms with Crippen LogP contribution in [0.3, 0.4) is 0 Å². The molecule has 0 radical (unpaired) electrons. The Balaban J connectivity index is 1.66. The van der Waals surface area contributed by atoms with Crippen LogP contribution in [0.1, 0.15) is 26.2 Å². The summed E-state index contributed by atoms with van der Waals surface area (Å²) in [5.74, 6) is -0.647. The van der Waals surface area contributed by atoms with Gasteiger partial charge in [0.15, 0.2) is 0 Å². The number of ether oxygens (including phenoxy) is 1. The number of hydrogen-bond donors (Lipinski definition) is 2. The van der Waals surface area contributed by atoms with Gasteiger partial charge in [-0.15, -0.1) is 0 Å². The Hall–Kier alpha value is -3.12. The first kappa shape index (κ1) is 21.6. The summed E-state index contributed by atoms with van der Waals surface area (Å²) in [6.07, 6.45) is 0.590. The van der Waals surface area contributed by atoms with Gasteiger partial charge < -0.3 is 20.1 Å². The number of aliphatic hydroxyl groups is 1. The van der Waals surface area contributed by atoms with Crippen LogP contribution in [-0.4, -0.2) is 56.0 Å². The molecule has 2 fully saturated rings. The molecule has 2 saturated heterocycles. The molecule has 3 rings (SSSR count). The highest BCUT2D eigenvalue weighted by Gasteiger charge is 2.33. The fourth-order valence-electron chi connectivity index (χ4n) is 3.76. The maximum Gasteiger partial charge on any atom is 0.414 e. The zero-order valence-electron chi connectivity index (χ0n) is 16.9. The topological polar surface area (TPSA) is 106 Å². The third-order valence-corrected chi connectivity index (χ3v) is 5.33. The average molecular weight is 416 g/mol. The van der Waals surface area contributed by atoms with Crippen molar-refractivity contribution >= 4 is 23.4 Å². The van der Waals surface area contributed by atoms with Crippen LogP contribution in [0.15, 0.2) is 29.3 Å². The second kappa shape index (κ2) is 9.59.